The Bertz CT molecular complexity index is 896. The minimum atomic E-state index is -2.05. The normalized spacial score (nSPS) is 14.3. The van der Waals surface area contributed by atoms with Crippen LogP contribution in [0.5, 0.6) is 0 Å². The molecule has 1 atom stereocenters. The van der Waals surface area contributed by atoms with Crippen molar-refractivity contribution in [2.75, 3.05) is 0 Å². The van der Waals surface area contributed by atoms with Crippen LogP contribution in [0, 0.1) is 0 Å². The van der Waals surface area contributed by atoms with E-state index in [-0.39, 0.29) is 34.0 Å². The standard InChI is InChI=1S/C15H8Br2O6S/c16-10-5-11(17)13-12(9(10)6-24(21)23-22-20)14(18)7-3-1-2-4-8(7)15(13)19/h1-5,20H,6H2. The smallest absolute Gasteiger partial charge is 0.195 e. The predicted molar refractivity (Wildman–Crippen MR) is 91.8 cm³/mol. The number of halogens is 2. The maximum Gasteiger partial charge on any atom is 0.195 e. The third kappa shape index (κ3) is 2.92. The molecule has 2 aromatic carbocycles. The molecule has 1 N–H and O–H groups in total. The van der Waals surface area contributed by atoms with Crippen molar-refractivity contribution in [2.45, 2.75) is 5.75 Å². The first-order valence-corrected chi connectivity index (χ1v) is 9.35. The van der Waals surface area contributed by atoms with E-state index < -0.39 is 11.1 Å². The zero-order valence-electron chi connectivity index (χ0n) is 11.7. The molecular formula is C15H8Br2O6S. The first-order valence-electron chi connectivity index (χ1n) is 6.52. The van der Waals surface area contributed by atoms with E-state index in [0.717, 1.165) is 0 Å². The summed E-state index contributed by atoms with van der Waals surface area (Å²) in [6.07, 6.45) is 0. The van der Waals surface area contributed by atoms with Gasteiger partial charge in [0.2, 0.25) is 0 Å². The van der Waals surface area contributed by atoms with Crippen LogP contribution in [0.15, 0.2) is 39.3 Å². The van der Waals surface area contributed by atoms with Gasteiger partial charge in [-0.2, -0.15) is 0 Å². The van der Waals surface area contributed by atoms with Gasteiger partial charge < -0.3 is 0 Å². The average molecular weight is 476 g/mol. The third-order valence-corrected chi connectivity index (χ3v) is 5.64. The predicted octanol–water partition coefficient (Wildman–Crippen LogP) is 3.57. The topological polar surface area (TPSA) is 89.9 Å². The van der Waals surface area contributed by atoms with Crippen molar-refractivity contribution in [1.82, 2.24) is 0 Å². The summed E-state index contributed by atoms with van der Waals surface area (Å²) in [5.74, 6) is -0.900. The Morgan fingerprint density at radius 2 is 1.58 bits per heavy atom. The summed E-state index contributed by atoms with van der Waals surface area (Å²) in [5, 5.41) is 11.6. The lowest BCUT2D eigenvalue weighted by atomic mass is 9.82. The van der Waals surface area contributed by atoms with Crippen molar-refractivity contribution in [3.63, 3.8) is 0 Å². The molecule has 0 saturated carbocycles. The van der Waals surface area contributed by atoms with E-state index in [1.807, 2.05) is 0 Å². The molecule has 1 aliphatic rings. The molecule has 1 unspecified atom stereocenters. The minimum absolute atomic E-state index is 0.148. The SMILES string of the molecule is O=C1c2ccccc2C(=O)c2c(CS(=O)OOO)c(Br)cc(Br)c21. The number of rotatable bonds is 4. The van der Waals surface area contributed by atoms with Crippen LogP contribution < -0.4 is 0 Å². The van der Waals surface area contributed by atoms with Crippen molar-refractivity contribution in [2.24, 2.45) is 0 Å². The molecule has 0 amide bonds. The monoisotopic (exact) mass is 474 g/mol. The molecule has 0 heterocycles. The van der Waals surface area contributed by atoms with Crippen LogP contribution in [0.25, 0.3) is 0 Å². The summed E-state index contributed by atoms with van der Waals surface area (Å²) < 4.78 is 16.8. The Morgan fingerprint density at radius 1 is 1.00 bits per heavy atom. The van der Waals surface area contributed by atoms with Gasteiger partial charge in [0.05, 0.1) is 5.75 Å². The maximum atomic E-state index is 12.9. The lowest BCUT2D eigenvalue weighted by molar-refractivity contribution is -0.435. The molecule has 0 aliphatic heterocycles. The molecule has 0 saturated heterocycles. The van der Waals surface area contributed by atoms with Gasteiger partial charge in [-0.3, -0.25) is 9.59 Å². The maximum absolute atomic E-state index is 12.9. The summed E-state index contributed by atoms with van der Waals surface area (Å²) in [7, 11) is 0. The molecule has 0 fully saturated rings. The Labute approximate surface area is 155 Å². The Kier molecular flexibility index (Phi) is 5.09. The van der Waals surface area contributed by atoms with Crippen LogP contribution in [0.2, 0.25) is 0 Å². The van der Waals surface area contributed by atoms with Crippen molar-refractivity contribution in [3.05, 3.63) is 67.1 Å². The second kappa shape index (κ2) is 6.95. The van der Waals surface area contributed by atoms with Crippen molar-refractivity contribution in [3.8, 4) is 0 Å². The molecule has 1 aliphatic carbocycles. The van der Waals surface area contributed by atoms with Gasteiger partial charge in [0.1, 0.15) is 0 Å². The fourth-order valence-corrected chi connectivity index (χ4v) is 4.92. The number of hydrogen-bond donors (Lipinski definition) is 1. The second-order valence-corrected chi connectivity index (χ2v) is 7.60. The van der Waals surface area contributed by atoms with Gasteiger partial charge in [0.25, 0.3) is 0 Å². The molecule has 24 heavy (non-hydrogen) atoms. The minimum Gasteiger partial charge on any atom is -0.289 e. The molecular weight excluding hydrogens is 468 g/mol. The molecule has 9 heteroatoms. The molecule has 2 aromatic rings. The van der Waals surface area contributed by atoms with Crippen molar-refractivity contribution >= 4 is 54.5 Å². The molecule has 3 rings (SSSR count). The lowest BCUT2D eigenvalue weighted by Crippen LogP contribution is -2.24. The van der Waals surface area contributed by atoms with Gasteiger partial charge in [0.15, 0.2) is 22.6 Å². The molecule has 6 nitrogen and oxygen atoms in total. The number of carbonyl (C=O) groups excluding carboxylic acids is 2. The average Bonchev–Trinajstić information content (AvgIpc) is 2.55. The van der Waals surface area contributed by atoms with Crippen LogP contribution in [-0.2, 0) is 26.2 Å². The van der Waals surface area contributed by atoms with Crippen LogP contribution in [-0.4, -0.2) is 21.0 Å². The van der Waals surface area contributed by atoms with E-state index >= 15 is 0 Å². The Balaban J connectivity index is 2.24. The zero-order valence-corrected chi connectivity index (χ0v) is 15.7. The second-order valence-electron chi connectivity index (χ2n) is 4.86. The zero-order chi connectivity index (χ0) is 17.4. The highest BCUT2D eigenvalue weighted by Crippen LogP contribution is 2.38. The molecule has 0 aromatic heterocycles. The van der Waals surface area contributed by atoms with Gasteiger partial charge >= 0.3 is 0 Å². The van der Waals surface area contributed by atoms with Crippen LogP contribution in [0.3, 0.4) is 0 Å². The van der Waals surface area contributed by atoms with Crippen LogP contribution >= 0.6 is 31.9 Å². The first kappa shape index (κ1) is 17.6. The number of ketones is 2. The summed E-state index contributed by atoms with van der Waals surface area (Å²) in [4.78, 5) is 25.7. The number of benzene rings is 2. The first-order chi connectivity index (χ1) is 11.5. The van der Waals surface area contributed by atoms with Gasteiger partial charge in [0, 0.05) is 31.2 Å². The van der Waals surface area contributed by atoms with E-state index in [9.17, 15) is 13.8 Å². The fourth-order valence-electron chi connectivity index (χ4n) is 2.60. The molecule has 0 radical (unpaired) electrons. The van der Waals surface area contributed by atoms with E-state index in [1.165, 1.54) is 0 Å². The van der Waals surface area contributed by atoms with Crippen molar-refractivity contribution in [1.29, 1.82) is 0 Å². The highest BCUT2D eigenvalue weighted by molar-refractivity contribution is 9.11. The number of hydrogen-bond acceptors (Lipinski definition) is 6. The van der Waals surface area contributed by atoms with Crippen LogP contribution in [0.4, 0.5) is 0 Å². The van der Waals surface area contributed by atoms with E-state index in [4.69, 9.17) is 5.26 Å². The summed E-state index contributed by atoms with van der Waals surface area (Å²) in [6, 6.07) is 8.12. The highest BCUT2D eigenvalue weighted by atomic mass is 79.9. The van der Waals surface area contributed by atoms with E-state index in [1.54, 1.807) is 30.3 Å². The summed E-state index contributed by atoms with van der Waals surface area (Å²) >= 11 is 4.56. The van der Waals surface area contributed by atoms with Gasteiger partial charge in [-0.15, -0.1) is 4.33 Å². The fraction of sp³-hybridized carbons (Fsp3) is 0.0667. The lowest BCUT2D eigenvalue weighted by Gasteiger charge is -2.22. The van der Waals surface area contributed by atoms with Gasteiger partial charge in [-0.05, 0) is 27.6 Å². The molecule has 124 valence electrons. The summed E-state index contributed by atoms with van der Waals surface area (Å²) in [5.41, 5.74) is 1.29. The molecule has 0 bridgehead atoms. The Hall–Kier alpha value is -1.23. The summed E-state index contributed by atoms with van der Waals surface area (Å²) in [6.45, 7) is 0. The van der Waals surface area contributed by atoms with E-state index in [0.29, 0.717) is 20.1 Å². The number of fused-ring (bicyclic) bond motifs is 2. The number of carbonyl (C=O) groups is 2. The molecule has 0 spiro atoms. The Morgan fingerprint density at radius 3 is 2.17 bits per heavy atom. The highest BCUT2D eigenvalue weighted by Gasteiger charge is 2.34. The largest absolute Gasteiger partial charge is 0.289 e. The van der Waals surface area contributed by atoms with Crippen LogP contribution in [0.1, 0.15) is 37.4 Å². The van der Waals surface area contributed by atoms with Gasteiger partial charge in [-0.1, -0.05) is 45.2 Å². The van der Waals surface area contributed by atoms with Crippen molar-refractivity contribution < 1.29 is 28.4 Å². The quantitative estimate of drug-likeness (QED) is 0.458. The van der Waals surface area contributed by atoms with E-state index in [2.05, 4.69) is 41.2 Å². The third-order valence-electron chi connectivity index (χ3n) is 3.57. The van der Waals surface area contributed by atoms with Gasteiger partial charge in [-0.25, -0.2) is 9.47 Å².